The summed E-state index contributed by atoms with van der Waals surface area (Å²) in [6, 6.07) is 37.6. The van der Waals surface area contributed by atoms with Gasteiger partial charge in [-0.25, -0.2) is 9.59 Å². The SMILES string of the molecule is N=C(N)NCCC[C@H](NC(=O)[C@H](CCCCN)NC(=O)[C@H](Cc1c[nH]c2ccccc12)NC(=O)[C@H](CCCCN)NC(=O)[C@H](Cc1c[nH]c2ccccc12)NC(=O)OCC1c2ccccc2-c2ccccc21)C(=O)N[C@@H](CCCNC(=N)N)C(=O)N[C@@H](Cc1ccccc1)C(=O)N[C@@H](CCCCN)C(=O)N[C@@H](Cc1c[nH]c2ccccc12)C(=O)N[C@@H](CCCCN)C(=O)N[C@@H](Cc1c[nH]c2ccccc12)C(=O)O. The van der Waals surface area contributed by atoms with E-state index in [1.807, 2.05) is 127 Å². The molecule has 32 N–H and O–H groups in total. The predicted octanol–water partition coefficient (Wildman–Crippen LogP) is 5.01. The van der Waals surface area contributed by atoms with Crippen molar-refractivity contribution in [3.8, 4) is 11.1 Å². The van der Waals surface area contributed by atoms with Crippen molar-refractivity contribution < 1.29 is 67.4 Å². The number of amides is 11. The first-order valence-electron chi connectivity index (χ1n) is 48.9. The molecule has 4 heterocycles. The van der Waals surface area contributed by atoms with Gasteiger partial charge in [0, 0.05) is 120 Å². The number of carboxylic acids is 1. The monoisotopic (exact) mass is 1960 g/mol. The van der Waals surface area contributed by atoms with Crippen LogP contribution in [0.1, 0.15) is 148 Å². The molecular formula is C104H133N25O14. The van der Waals surface area contributed by atoms with Gasteiger partial charge in [0.15, 0.2) is 11.9 Å². The quantitative estimate of drug-likeness (QED) is 0.0135. The summed E-state index contributed by atoms with van der Waals surface area (Å²) in [6.07, 6.45) is 7.51. The van der Waals surface area contributed by atoms with Gasteiger partial charge in [0.25, 0.3) is 0 Å². The number of guanidine groups is 2. The summed E-state index contributed by atoms with van der Waals surface area (Å²) >= 11 is 0. The molecule has 7 aromatic carbocycles. The number of carboxylic acid groups (broad SMARTS) is 1. The number of aromatic nitrogens is 4. The Bertz CT molecular complexity index is 6150. The van der Waals surface area contributed by atoms with Crippen molar-refractivity contribution in [2.24, 2.45) is 34.4 Å². The lowest BCUT2D eigenvalue weighted by Crippen LogP contribution is -2.61. The number of hydrogen-bond donors (Lipinski definition) is 26. The summed E-state index contributed by atoms with van der Waals surface area (Å²) in [5, 5.41) is 66.0. The lowest BCUT2D eigenvalue weighted by molar-refractivity contribution is -0.142. The van der Waals surface area contributed by atoms with E-state index in [1.54, 1.807) is 73.3 Å². The smallest absolute Gasteiger partial charge is 0.407 e. The molecule has 0 radical (unpaired) electrons. The van der Waals surface area contributed by atoms with Gasteiger partial charge in [0.1, 0.15) is 73.1 Å². The Morgan fingerprint density at radius 2 is 0.552 bits per heavy atom. The molecular weight excluding hydrogens is 1820 g/mol. The van der Waals surface area contributed by atoms with Gasteiger partial charge in [-0.15, -0.1) is 0 Å². The number of carbonyl (C=O) groups is 12. The number of alkyl carbamates (subject to hydrolysis) is 1. The number of nitrogens with one attached hydrogen (secondary N) is 19. The minimum atomic E-state index is -1.55. The number of H-pyrrole nitrogens is 4. The van der Waals surface area contributed by atoms with Crippen LogP contribution in [-0.4, -0.2) is 220 Å². The highest BCUT2D eigenvalue weighted by Gasteiger charge is 2.40. The highest BCUT2D eigenvalue weighted by atomic mass is 16.5. The Balaban J connectivity index is 0.789. The normalized spacial score (nSPS) is 14.0. The van der Waals surface area contributed by atoms with Crippen molar-refractivity contribution in [1.29, 1.82) is 10.8 Å². The van der Waals surface area contributed by atoms with Gasteiger partial charge in [0.05, 0.1) is 0 Å². The van der Waals surface area contributed by atoms with Crippen LogP contribution in [0.3, 0.4) is 0 Å². The van der Waals surface area contributed by atoms with Crippen molar-refractivity contribution in [3.63, 3.8) is 0 Å². The molecule has 39 nitrogen and oxygen atoms in total. The van der Waals surface area contributed by atoms with Gasteiger partial charge < -0.3 is 133 Å². The third-order valence-corrected chi connectivity index (χ3v) is 25.7. The minimum absolute atomic E-state index is 0.00417. The van der Waals surface area contributed by atoms with Crippen molar-refractivity contribution in [2.45, 2.75) is 207 Å². The molecule has 12 rings (SSSR count). The van der Waals surface area contributed by atoms with E-state index in [9.17, 15) is 19.5 Å². The number of benzene rings is 7. The van der Waals surface area contributed by atoms with E-state index in [2.05, 4.69) is 89.1 Å². The van der Waals surface area contributed by atoms with Gasteiger partial charge in [-0.1, -0.05) is 152 Å². The maximum absolute atomic E-state index is 15.6. The number of aliphatic carboxylic acids is 1. The lowest BCUT2D eigenvalue weighted by atomic mass is 9.98. The first kappa shape index (κ1) is 106. The molecule has 0 saturated carbocycles. The molecule has 11 atom stereocenters. The molecule has 4 aromatic heterocycles. The number of rotatable bonds is 58. The number of unbranched alkanes of at least 4 members (excludes halogenated alkanes) is 4. The van der Waals surface area contributed by atoms with E-state index in [4.69, 9.17) is 50.0 Å². The van der Waals surface area contributed by atoms with E-state index in [0.717, 1.165) is 44.1 Å². The summed E-state index contributed by atoms with van der Waals surface area (Å²) < 4.78 is 6.01. The zero-order valence-corrected chi connectivity index (χ0v) is 80.0. The van der Waals surface area contributed by atoms with Crippen LogP contribution in [0.2, 0.25) is 0 Å². The summed E-state index contributed by atoms with van der Waals surface area (Å²) in [7, 11) is 0. The fourth-order valence-corrected chi connectivity index (χ4v) is 18.1. The van der Waals surface area contributed by atoms with Gasteiger partial charge in [-0.3, -0.25) is 58.8 Å². The van der Waals surface area contributed by atoms with Crippen LogP contribution in [0, 0.1) is 10.8 Å². The van der Waals surface area contributed by atoms with Crippen LogP contribution in [0.25, 0.3) is 54.7 Å². The van der Waals surface area contributed by atoms with Crippen molar-refractivity contribution in [2.75, 3.05) is 45.9 Å². The first-order chi connectivity index (χ1) is 69.3. The topological polar surface area (TPSA) is 658 Å². The summed E-state index contributed by atoms with van der Waals surface area (Å²) in [4.78, 5) is 193. The second-order valence-electron chi connectivity index (χ2n) is 36.0. The molecule has 0 fully saturated rings. The molecule has 1 aliphatic rings. The van der Waals surface area contributed by atoms with Gasteiger partial charge in [0.2, 0.25) is 59.1 Å². The number of carbonyl (C=O) groups excluding carboxylic acids is 11. The Hall–Kier alpha value is -15.5. The van der Waals surface area contributed by atoms with E-state index in [1.165, 1.54) is 0 Å². The molecule has 11 aromatic rings. The van der Waals surface area contributed by atoms with Crippen LogP contribution in [0.4, 0.5) is 4.79 Å². The van der Waals surface area contributed by atoms with E-state index >= 15 is 43.2 Å². The van der Waals surface area contributed by atoms with Crippen molar-refractivity contribution in [3.05, 3.63) is 240 Å². The number of para-hydroxylation sites is 4. The molecule has 0 bridgehead atoms. The fourth-order valence-electron chi connectivity index (χ4n) is 18.1. The number of hydrogen-bond acceptors (Lipinski definition) is 19. The molecule has 143 heavy (non-hydrogen) atoms. The molecule has 0 aliphatic heterocycles. The predicted molar refractivity (Wildman–Crippen MR) is 547 cm³/mol. The highest BCUT2D eigenvalue weighted by molar-refractivity contribution is 6.01. The summed E-state index contributed by atoms with van der Waals surface area (Å²) in [5.74, 6) is -11.0. The third kappa shape index (κ3) is 30.5. The zero-order chi connectivity index (χ0) is 102. The molecule has 1 aliphatic carbocycles. The number of ether oxygens (including phenoxy) is 1. The molecule has 0 saturated heterocycles. The second-order valence-corrected chi connectivity index (χ2v) is 36.0. The molecule has 0 unspecified atom stereocenters. The van der Waals surface area contributed by atoms with Gasteiger partial charge in [-0.2, -0.15) is 0 Å². The van der Waals surface area contributed by atoms with E-state index in [0.29, 0.717) is 88.1 Å². The average Bonchev–Trinajstić information content (AvgIpc) is 1.61. The van der Waals surface area contributed by atoms with Gasteiger partial charge >= 0.3 is 12.1 Å². The van der Waals surface area contributed by atoms with Crippen LogP contribution in [0.15, 0.2) is 201 Å². The number of fused-ring (bicyclic) bond motifs is 7. The van der Waals surface area contributed by atoms with Crippen LogP contribution in [0.5, 0.6) is 0 Å². The third-order valence-electron chi connectivity index (χ3n) is 25.7. The molecule has 0 spiro atoms. The maximum atomic E-state index is 15.6. The zero-order valence-electron chi connectivity index (χ0n) is 80.0. The number of aromatic amines is 4. The largest absolute Gasteiger partial charge is 0.480 e. The molecule has 758 valence electrons. The van der Waals surface area contributed by atoms with Crippen LogP contribution < -0.4 is 104 Å². The van der Waals surface area contributed by atoms with Crippen LogP contribution in [-0.2, 0) is 89.6 Å². The second kappa shape index (κ2) is 53.8. The highest BCUT2D eigenvalue weighted by Crippen LogP contribution is 2.45. The standard InChI is InChI=1S/C104H133N25O14/c105-46-20-16-40-80(122-98(137)87(53-63-57-115-76-36-12-8-28-67(63)76)127-94(133)82(42-18-22-48-107)124-100(139)89(55-65-59-117-78-38-14-10-30-69(65)78)129-104(142)143-61-75-73-34-6-4-32-71(73)72-33-5-7-35-74(72)75)91(130)119-84(44-24-50-113-102(109)110)92(131)120-85(45-25-51-114-103(111)112)95(134)125-86(52-62-26-2-1-3-27-62)97(136)121-81(41-17-21-47-106)93(132)126-88(54-64-58-116-77-37-13-9-29-68(64)77)99(138)123-83(43-19-23-49-108)96(135)128-90(101(140)141)56-66-60-118-79-39-15-11-31-70(66)79/h1-15,26-39,57-60,75,80-90,115-118H,16-25,40-56,61,105-108H2,(H,119,130)(H,120,131)(H,121,136)(H,122,137)(H,123,138)(H,124,139)(H,125,134)(H,126,132)(H,127,133)(H,128,135)(H,129,142)(H,140,141)(H4,109,110,113)(H4,111,112,114)/t80-,81-,82-,83-,84-,85-,86-,87-,88-,89-,90-/m0/s1. The molecule has 11 amide bonds. The fraction of sp³-hybridized carbons (Fsp3) is 0.385. The molecule has 39 heteroatoms. The van der Waals surface area contributed by atoms with E-state index < -0.39 is 150 Å². The van der Waals surface area contributed by atoms with Gasteiger partial charge in [-0.05, 0) is 203 Å². The summed E-state index contributed by atoms with van der Waals surface area (Å²) in [5.41, 5.74) is 45.5. The Labute approximate surface area is 827 Å². The maximum Gasteiger partial charge on any atom is 0.407 e. The Kier molecular flexibility index (Phi) is 40.0. The minimum Gasteiger partial charge on any atom is -0.480 e. The van der Waals surface area contributed by atoms with E-state index in [-0.39, 0.29) is 148 Å². The summed E-state index contributed by atoms with van der Waals surface area (Å²) in [6.45, 7) is 0.770. The van der Waals surface area contributed by atoms with Crippen molar-refractivity contribution >= 4 is 127 Å². The lowest BCUT2D eigenvalue weighted by Gasteiger charge is -2.29. The average molecular weight is 1960 g/mol. The van der Waals surface area contributed by atoms with Crippen molar-refractivity contribution in [1.82, 2.24) is 89.1 Å². The Morgan fingerprint density at radius 1 is 0.301 bits per heavy atom. The Morgan fingerprint density at radius 3 is 0.860 bits per heavy atom. The first-order valence-corrected chi connectivity index (χ1v) is 48.9. The van der Waals surface area contributed by atoms with Crippen LogP contribution >= 0.6 is 0 Å². The number of nitrogens with two attached hydrogens (primary N) is 6.